The Morgan fingerprint density at radius 3 is 2.71 bits per heavy atom. The molecular weight excluding hydrogens is 216 g/mol. The fourth-order valence-corrected chi connectivity index (χ4v) is 2.54. The van der Waals surface area contributed by atoms with Crippen molar-refractivity contribution in [2.45, 2.75) is 51.7 Å². The molecule has 100 valence electrons. The van der Waals surface area contributed by atoms with Gasteiger partial charge in [-0.3, -0.25) is 4.79 Å². The summed E-state index contributed by atoms with van der Waals surface area (Å²) in [6, 6.07) is 0.395. The predicted octanol–water partition coefficient (Wildman–Crippen LogP) is 1.39. The first kappa shape index (κ1) is 14.5. The molecule has 1 amide bonds. The summed E-state index contributed by atoms with van der Waals surface area (Å²) < 4.78 is 5.18. The van der Waals surface area contributed by atoms with Gasteiger partial charge in [-0.05, 0) is 25.2 Å². The summed E-state index contributed by atoms with van der Waals surface area (Å²) in [6.07, 6.45) is 3.75. The van der Waals surface area contributed by atoms with E-state index in [-0.39, 0.29) is 12.0 Å². The molecule has 0 aromatic carbocycles. The Labute approximate surface area is 104 Å². The van der Waals surface area contributed by atoms with E-state index in [9.17, 15) is 4.79 Å². The molecule has 0 aliphatic carbocycles. The summed E-state index contributed by atoms with van der Waals surface area (Å²) in [5.41, 5.74) is 5.56. The minimum atomic E-state index is -0.141. The molecule has 1 heterocycles. The maximum absolute atomic E-state index is 12.2. The molecule has 0 bridgehead atoms. The van der Waals surface area contributed by atoms with Gasteiger partial charge in [0.2, 0.25) is 5.91 Å². The number of methoxy groups -OCH3 is 1. The molecule has 1 aliphatic rings. The number of ether oxygens (including phenoxy) is 1. The van der Waals surface area contributed by atoms with E-state index < -0.39 is 0 Å². The fraction of sp³-hybridized carbons (Fsp3) is 0.923. The lowest BCUT2D eigenvalue weighted by atomic mass is 9.92. The fourth-order valence-electron chi connectivity index (χ4n) is 2.54. The van der Waals surface area contributed by atoms with Gasteiger partial charge in [0.05, 0.1) is 12.5 Å². The SMILES string of the molecule is COC(CN)CC(=O)N1CCCCC1C(C)C. The first-order valence-electron chi connectivity index (χ1n) is 6.62. The Morgan fingerprint density at radius 2 is 2.18 bits per heavy atom. The van der Waals surface area contributed by atoms with Crippen LogP contribution in [0.2, 0.25) is 0 Å². The molecular formula is C13H26N2O2. The standard InChI is InChI=1S/C13H26N2O2/c1-10(2)12-6-4-5-7-15(12)13(16)8-11(9-14)17-3/h10-12H,4-9,14H2,1-3H3. The topological polar surface area (TPSA) is 55.6 Å². The lowest BCUT2D eigenvalue weighted by molar-refractivity contribution is -0.138. The highest BCUT2D eigenvalue weighted by Gasteiger charge is 2.29. The zero-order valence-corrected chi connectivity index (χ0v) is 11.3. The summed E-state index contributed by atoms with van der Waals surface area (Å²) >= 11 is 0. The summed E-state index contributed by atoms with van der Waals surface area (Å²) in [5.74, 6) is 0.721. The highest BCUT2D eigenvalue weighted by Crippen LogP contribution is 2.24. The zero-order valence-electron chi connectivity index (χ0n) is 11.3. The Hall–Kier alpha value is -0.610. The van der Waals surface area contributed by atoms with Crippen LogP contribution in [-0.2, 0) is 9.53 Å². The van der Waals surface area contributed by atoms with Crippen molar-refractivity contribution in [3.63, 3.8) is 0 Å². The van der Waals surface area contributed by atoms with Crippen LogP contribution in [0.5, 0.6) is 0 Å². The minimum absolute atomic E-state index is 0.141. The molecule has 1 rings (SSSR count). The average molecular weight is 242 g/mol. The van der Waals surface area contributed by atoms with Crippen molar-refractivity contribution in [2.75, 3.05) is 20.2 Å². The van der Waals surface area contributed by atoms with Crippen molar-refractivity contribution in [2.24, 2.45) is 11.7 Å². The maximum Gasteiger partial charge on any atom is 0.225 e. The molecule has 4 nitrogen and oxygen atoms in total. The highest BCUT2D eigenvalue weighted by atomic mass is 16.5. The number of piperidine rings is 1. The first-order chi connectivity index (χ1) is 8.10. The number of nitrogens with zero attached hydrogens (tertiary/aromatic N) is 1. The van der Waals surface area contributed by atoms with Gasteiger partial charge in [-0.2, -0.15) is 0 Å². The molecule has 1 fully saturated rings. The van der Waals surface area contributed by atoms with E-state index in [4.69, 9.17) is 10.5 Å². The number of amides is 1. The van der Waals surface area contributed by atoms with Crippen LogP contribution in [0.25, 0.3) is 0 Å². The Morgan fingerprint density at radius 1 is 1.47 bits per heavy atom. The van der Waals surface area contributed by atoms with Crippen LogP contribution in [0.1, 0.15) is 39.5 Å². The van der Waals surface area contributed by atoms with Gasteiger partial charge in [0.15, 0.2) is 0 Å². The molecule has 2 N–H and O–H groups in total. The normalized spacial score (nSPS) is 22.9. The first-order valence-corrected chi connectivity index (χ1v) is 6.62. The second-order valence-corrected chi connectivity index (χ2v) is 5.19. The number of hydrogen-bond donors (Lipinski definition) is 1. The van der Waals surface area contributed by atoms with Crippen LogP contribution in [0.15, 0.2) is 0 Å². The molecule has 0 aromatic heterocycles. The highest BCUT2D eigenvalue weighted by molar-refractivity contribution is 5.77. The van der Waals surface area contributed by atoms with Crippen LogP contribution >= 0.6 is 0 Å². The van der Waals surface area contributed by atoms with E-state index in [1.807, 2.05) is 4.90 Å². The van der Waals surface area contributed by atoms with E-state index in [0.29, 0.717) is 24.9 Å². The van der Waals surface area contributed by atoms with E-state index in [1.165, 1.54) is 6.42 Å². The smallest absolute Gasteiger partial charge is 0.225 e. The molecule has 0 spiro atoms. The quantitative estimate of drug-likeness (QED) is 0.792. The van der Waals surface area contributed by atoms with E-state index in [2.05, 4.69) is 13.8 Å². The third-order valence-corrected chi connectivity index (χ3v) is 3.64. The Balaban J connectivity index is 2.58. The zero-order chi connectivity index (χ0) is 12.8. The number of carbonyl (C=O) groups excluding carboxylic acids is 1. The molecule has 0 radical (unpaired) electrons. The largest absolute Gasteiger partial charge is 0.380 e. The second-order valence-electron chi connectivity index (χ2n) is 5.19. The van der Waals surface area contributed by atoms with Crippen molar-refractivity contribution in [3.05, 3.63) is 0 Å². The summed E-state index contributed by atoms with van der Waals surface area (Å²) in [5, 5.41) is 0. The van der Waals surface area contributed by atoms with Crippen LogP contribution in [0, 0.1) is 5.92 Å². The van der Waals surface area contributed by atoms with Crippen LogP contribution < -0.4 is 5.73 Å². The van der Waals surface area contributed by atoms with Crippen molar-refractivity contribution in [1.29, 1.82) is 0 Å². The number of likely N-dealkylation sites (tertiary alicyclic amines) is 1. The van der Waals surface area contributed by atoms with Crippen LogP contribution in [-0.4, -0.2) is 43.2 Å². The van der Waals surface area contributed by atoms with Gasteiger partial charge in [0, 0.05) is 26.2 Å². The van der Waals surface area contributed by atoms with Crippen molar-refractivity contribution < 1.29 is 9.53 Å². The molecule has 0 saturated carbocycles. The molecule has 1 aliphatic heterocycles. The van der Waals surface area contributed by atoms with E-state index in [0.717, 1.165) is 19.4 Å². The number of rotatable bonds is 5. The van der Waals surface area contributed by atoms with Gasteiger partial charge < -0.3 is 15.4 Å². The third kappa shape index (κ3) is 3.96. The second kappa shape index (κ2) is 6.97. The Bertz CT molecular complexity index is 240. The monoisotopic (exact) mass is 242 g/mol. The summed E-state index contributed by atoms with van der Waals surface area (Å²) in [4.78, 5) is 14.3. The maximum atomic E-state index is 12.2. The molecule has 2 unspecified atom stereocenters. The van der Waals surface area contributed by atoms with Gasteiger partial charge in [-0.1, -0.05) is 13.8 Å². The van der Waals surface area contributed by atoms with Gasteiger partial charge in [-0.15, -0.1) is 0 Å². The molecule has 2 atom stereocenters. The van der Waals surface area contributed by atoms with Crippen molar-refractivity contribution >= 4 is 5.91 Å². The number of hydrogen-bond acceptors (Lipinski definition) is 3. The minimum Gasteiger partial charge on any atom is -0.380 e. The lowest BCUT2D eigenvalue weighted by Gasteiger charge is -2.38. The van der Waals surface area contributed by atoms with E-state index in [1.54, 1.807) is 7.11 Å². The van der Waals surface area contributed by atoms with Crippen molar-refractivity contribution in [3.8, 4) is 0 Å². The summed E-state index contributed by atoms with van der Waals surface area (Å²) in [6.45, 7) is 5.67. The van der Waals surface area contributed by atoms with Gasteiger partial charge in [-0.25, -0.2) is 0 Å². The summed E-state index contributed by atoms with van der Waals surface area (Å²) in [7, 11) is 1.61. The Kier molecular flexibility index (Phi) is 5.92. The van der Waals surface area contributed by atoms with Crippen molar-refractivity contribution in [1.82, 2.24) is 4.90 Å². The van der Waals surface area contributed by atoms with Gasteiger partial charge >= 0.3 is 0 Å². The number of carbonyl (C=O) groups is 1. The molecule has 17 heavy (non-hydrogen) atoms. The van der Waals surface area contributed by atoms with Crippen LogP contribution in [0.3, 0.4) is 0 Å². The lowest BCUT2D eigenvalue weighted by Crippen LogP contribution is -2.47. The molecule has 4 heteroatoms. The third-order valence-electron chi connectivity index (χ3n) is 3.64. The molecule has 0 aromatic rings. The van der Waals surface area contributed by atoms with Gasteiger partial charge in [0.25, 0.3) is 0 Å². The average Bonchev–Trinajstić information content (AvgIpc) is 2.35. The van der Waals surface area contributed by atoms with Crippen LogP contribution in [0.4, 0.5) is 0 Å². The van der Waals surface area contributed by atoms with E-state index >= 15 is 0 Å². The predicted molar refractivity (Wildman–Crippen MR) is 68.7 cm³/mol. The van der Waals surface area contributed by atoms with Gasteiger partial charge in [0.1, 0.15) is 0 Å². The number of nitrogens with two attached hydrogens (primary N) is 1. The molecule has 1 saturated heterocycles.